The van der Waals surface area contributed by atoms with Crippen LogP contribution in [0.2, 0.25) is 5.02 Å². The number of para-hydroxylation sites is 1. The normalized spacial score (nSPS) is 10.7. The molecule has 0 radical (unpaired) electrons. The Morgan fingerprint density at radius 3 is 2.67 bits per heavy atom. The highest BCUT2D eigenvalue weighted by atomic mass is 35.5. The molecule has 124 valence electrons. The van der Waals surface area contributed by atoms with Gasteiger partial charge in [-0.1, -0.05) is 23.7 Å². The second-order valence-corrected chi connectivity index (χ2v) is 5.94. The van der Waals surface area contributed by atoms with Gasteiger partial charge in [0.25, 0.3) is 0 Å². The molecule has 0 atom stereocenters. The summed E-state index contributed by atoms with van der Waals surface area (Å²) in [6, 6.07) is 13.7. The number of benzene rings is 2. The topological polar surface area (TPSA) is 34.6 Å². The van der Waals surface area contributed by atoms with E-state index in [1.54, 1.807) is 20.4 Å². The lowest BCUT2D eigenvalue weighted by atomic mass is 10.1. The monoisotopic (exact) mass is 342 g/mol. The third-order valence-corrected chi connectivity index (χ3v) is 4.22. The van der Waals surface area contributed by atoms with Gasteiger partial charge in [-0.25, -0.2) is 0 Å². The van der Waals surface area contributed by atoms with Crippen LogP contribution in [-0.2, 0) is 6.54 Å². The Kier molecular flexibility index (Phi) is 4.76. The lowest BCUT2D eigenvalue weighted by Gasteiger charge is -2.23. The molecule has 0 amide bonds. The first-order chi connectivity index (χ1) is 11.6. The summed E-state index contributed by atoms with van der Waals surface area (Å²) in [4.78, 5) is 6.56. The summed E-state index contributed by atoms with van der Waals surface area (Å²) in [5.41, 5.74) is 3.02. The number of hydrogen-bond donors (Lipinski definition) is 0. The lowest BCUT2D eigenvalue weighted by Crippen LogP contribution is -2.17. The molecular weight excluding hydrogens is 324 g/mol. The Bertz CT molecular complexity index is 867. The molecule has 0 aliphatic heterocycles. The average Bonchev–Trinajstić information content (AvgIpc) is 2.60. The Hall–Kier alpha value is -2.46. The van der Waals surface area contributed by atoms with Crippen LogP contribution >= 0.6 is 11.6 Å². The molecule has 1 heterocycles. The van der Waals surface area contributed by atoms with E-state index in [1.165, 1.54) is 0 Å². The van der Waals surface area contributed by atoms with Gasteiger partial charge in [-0.15, -0.1) is 0 Å². The molecule has 5 heteroatoms. The van der Waals surface area contributed by atoms with E-state index < -0.39 is 0 Å². The van der Waals surface area contributed by atoms with Crippen molar-refractivity contribution in [3.05, 3.63) is 59.2 Å². The Morgan fingerprint density at radius 1 is 1.08 bits per heavy atom. The molecule has 0 aliphatic carbocycles. The van der Waals surface area contributed by atoms with Crippen LogP contribution < -0.4 is 14.4 Å². The number of hydrogen-bond acceptors (Lipinski definition) is 4. The van der Waals surface area contributed by atoms with Gasteiger partial charge in [0.05, 0.1) is 19.7 Å². The lowest BCUT2D eigenvalue weighted by molar-refractivity contribution is 0.351. The molecule has 0 aliphatic rings. The van der Waals surface area contributed by atoms with Crippen molar-refractivity contribution in [1.29, 1.82) is 0 Å². The van der Waals surface area contributed by atoms with Crippen LogP contribution in [0.15, 0.2) is 48.7 Å². The minimum Gasteiger partial charge on any atom is -0.493 e. The van der Waals surface area contributed by atoms with E-state index in [0.29, 0.717) is 11.6 Å². The standard InChI is InChI=1S/C19H19ClN2O2/c1-22(12-13-5-4-6-18(23-2)19(13)24-3)17-9-10-21-16-11-14(20)7-8-15(16)17/h4-11H,12H2,1-3H3. The number of fused-ring (bicyclic) bond motifs is 1. The van der Waals surface area contributed by atoms with Crippen molar-refractivity contribution in [2.24, 2.45) is 0 Å². The molecule has 3 aromatic rings. The fourth-order valence-corrected chi connectivity index (χ4v) is 3.02. The van der Waals surface area contributed by atoms with Crippen LogP contribution in [0.1, 0.15) is 5.56 Å². The van der Waals surface area contributed by atoms with Crippen LogP contribution in [0.25, 0.3) is 10.9 Å². The smallest absolute Gasteiger partial charge is 0.165 e. The Labute approximate surface area is 146 Å². The maximum atomic E-state index is 6.07. The van der Waals surface area contributed by atoms with Crippen molar-refractivity contribution < 1.29 is 9.47 Å². The largest absolute Gasteiger partial charge is 0.493 e. The molecule has 0 fully saturated rings. The molecule has 4 nitrogen and oxygen atoms in total. The Morgan fingerprint density at radius 2 is 1.92 bits per heavy atom. The van der Waals surface area contributed by atoms with E-state index in [9.17, 15) is 0 Å². The van der Waals surface area contributed by atoms with Crippen molar-refractivity contribution in [1.82, 2.24) is 4.98 Å². The maximum Gasteiger partial charge on any atom is 0.165 e. The first kappa shape index (κ1) is 16.4. The quantitative estimate of drug-likeness (QED) is 0.681. The molecule has 0 saturated carbocycles. The first-order valence-corrected chi connectivity index (χ1v) is 7.97. The van der Waals surface area contributed by atoms with Crippen molar-refractivity contribution in [2.45, 2.75) is 6.54 Å². The van der Waals surface area contributed by atoms with Gasteiger partial charge in [0.15, 0.2) is 11.5 Å². The number of halogens is 1. The molecule has 2 aromatic carbocycles. The highest BCUT2D eigenvalue weighted by Gasteiger charge is 2.13. The van der Waals surface area contributed by atoms with Crippen LogP contribution in [0.5, 0.6) is 11.5 Å². The van der Waals surface area contributed by atoms with E-state index in [-0.39, 0.29) is 0 Å². The van der Waals surface area contributed by atoms with E-state index in [0.717, 1.165) is 33.7 Å². The number of ether oxygens (including phenoxy) is 2. The zero-order valence-corrected chi connectivity index (χ0v) is 14.7. The van der Waals surface area contributed by atoms with Gasteiger partial charge in [-0.2, -0.15) is 0 Å². The third kappa shape index (κ3) is 3.10. The summed E-state index contributed by atoms with van der Waals surface area (Å²) in [5.74, 6) is 1.49. The Balaban J connectivity index is 1.98. The molecule has 0 unspecified atom stereocenters. The van der Waals surface area contributed by atoms with Crippen molar-refractivity contribution in [3.8, 4) is 11.5 Å². The van der Waals surface area contributed by atoms with Crippen LogP contribution in [0.3, 0.4) is 0 Å². The number of pyridine rings is 1. The summed E-state index contributed by atoms with van der Waals surface area (Å²) in [5, 5.41) is 1.75. The third-order valence-electron chi connectivity index (χ3n) is 3.99. The zero-order valence-electron chi connectivity index (χ0n) is 13.9. The molecular formula is C19H19ClN2O2. The van der Waals surface area contributed by atoms with Gasteiger partial charge >= 0.3 is 0 Å². The molecule has 0 saturated heterocycles. The maximum absolute atomic E-state index is 6.07. The van der Waals surface area contributed by atoms with Gasteiger partial charge in [0, 0.05) is 41.4 Å². The van der Waals surface area contributed by atoms with Crippen LogP contribution in [0.4, 0.5) is 5.69 Å². The molecule has 24 heavy (non-hydrogen) atoms. The summed E-state index contributed by atoms with van der Waals surface area (Å²) in [6.45, 7) is 0.683. The molecule has 0 spiro atoms. The van der Waals surface area contributed by atoms with Crippen LogP contribution in [0, 0.1) is 0 Å². The molecule has 3 rings (SSSR count). The molecule has 1 aromatic heterocycles. The number of nitrogens with zero attached hydrogens (tertiary/aromatic N) is 2. The van der Waals surface area contributed by atoms with E-state index in [1.807, 2.05) is 49.5 Å². The summed E-state index contributed by atoms with van der Waals surface area (Å²) < 4.78 is 10.9. The van der Waals surface area contributed by atoms with Gasteiger partial charge in [-0.3, -0.25) is 4.98 Å². The second-order valence-electron chi connectivity index (χ2n) is 5.50. The van der Waals surface area contributed by atoms with Gasteiger partial charge < -0.3 is 14.4 Å². The van der Waals surface area contributed by atoms with E-state index >= 15 is 0 Å². The van der Waals surface area contributed by atoms with Crippen molar-refractivity contribution >= 4 is 28.2 Å². The van der Waals surface area contributed by atoms with Crippen LogP contribution in [-0.4, -0.2) is 26.3 Å². The fraction of sp³-hybridized carbons (Fsp3) is 0.211. The number of rotatable bonds is 5. The van der Waals surface area contributed by atoms with Crippen molar-refractivity contribution in [2.75, 3.05) is 26.2 Å². The van der Waals surface area contributed by atoms with E-state index in [4.69, 9.17) is 21.1 Å². The zero-order chi connectivity index (χ0) is 17.1. The van der Waals surface area contributed by atoms with Gasteiger partial charge in [0.1, 0.15) is 0 Å². The van der Waals surface area contributed by atoms with Crippen molar-refractivity contribution in [3.63, 3.8) is 0 Å². The number of aromatic nitrogens is 1. The molecule has 0 bridgehead atoms. The summed E-state index contributed by atoms with van der Waals surface area (Å²) in [7, 11) is 5.35. The predicted octanol–water partition coefficient (Wildman–Crippen LogP) is 4.54. The van der Waals surface area contributed by atoms with E-state index in [2.05, 4.69) is 9.88 Å². The highest BCUT2D eigenvalue weighted by molar-refractivity contribution is 6.31. The van der Waals surface area contributed by atoms with Gasteiger partial charge in [0.2, 0.25) is 0 Å². The van der Waals surface area contributed by atoms with Gasteiger partial charge in [-0.05, 0) is 30.3 Å². The first-order valence-electron chi connectivity index (χ1n) is 7.59. The minimum atomic E-state index is 0.683. The summed E-state index contributed by atoms with van der Waals surface area (Å²) in [6.07, 6.45) is 1.80. The SMILES string of the molecule is COc1cccc(CN(C)c2ccnc3cc(Cl)ccc23)c1OC. The average molecular weight is 343 g/mol. The minimum absolute atomic E-state index is 0.683. The predicted molar refractivity (Wildman–Crippen MR) is 98.4 cm³/mol. The number of methoxy groups -OCH3 is 2. The fourth-order valence-electron chi connectivity index (χ4n) is 2.86. The molecule has 0 N–H and O–H groups in total. The number of anilines is 1. The second kappa shape index (κ2) is 6.97. The summed E-state index contributed by atoms with van der Waals surface area (Å²) >= 11 is 6.07. The highest BCUT2D eigenvalue weighted by Crippen LogP contribution is 2.33.